The van der Waals surface area contributed by atoms with Crippen molar-refractivity contribution in [3.05, 3.63) is 72.3 Å². The van der Waals surface area contributed by atoms with Crippen LogP contribution in [-0.2, 0) is 6.54 Å². The second kappa shape index (κ2) is 11.3. The van der Waals surface area contributed by atoms with Gasteiger partial charge in [0, 0.05) is 12.7 Å². The number of halogens is 1. The molecule has 0 bridgehead atoms. The van der Waals surface area contributed by atoms with Gasteiger partial charge in [-0.15, -0.1) is 34.2 Å². The van der Waals surface area contributed by atoms with Crippen molar-refractivity contribution in [3.63, 3.8) is 0 Å². The van der Waals surface area contributed by atoms with Crippen LogP contribution in [0.1, 0.15) is 11.4 Å². The Morgan fingerprint density at radius 1 is 1.07 bits per heavy atom. The van der Waals surface area contributed by atoms with E-state index in [9.17, 15) is 0 Å². The van der Waals surface area contributed by atoms with Crippen molar-refractivity contribution in [1.29, 1.82) is 0 Å². The molecule has 1 heterocycles. The first-order chi connectivity index (χ1) is 13.3. The molecule has 0 unspecified atom stereocenters. The van der Waals surface area contributed by atoms with E-state index >= 15 is 0 Å². The highest BCUT2D eigenvalue weighted by Gasteiger charge is 2.07. The molecule has 7 nitrogen and oxygen atoms in total. The summed E-state index contributed by atoms with van der Waals surface area (Å²) < 4.78 is 7.66. The van der Waals surface area contributed by atoms with Gasteiger partial charge in [-0.1, -0.05) is 35.9 Å². The maximum atomic E-state index is 5.71. The summed E-state index contributed by atoms with van der Waals surface area (Å²) in [6.45, 7) is 3.75. The summed E-state index contributed by atoms with van der Waals surface area (Å²) in [4.78, 5) is 4.23. The summed E-state index contributed by atoms with van der Waals surface area (Å²) in [5.74, 6) is 2.35. The molecule has 0 radical (unpaired) electrons. The molecule has 0 fully saturated rings. The zero-order valence-corrected chi connectivity index (χ0v) is 18.3. The summed E-state index contributed by atoms with van der Waals surface area (Å²) in [6.07, 6.45) is 1.71. The van der Waals surface area contributed by atoms with Gasteiger partial charge < -0.3 is 15.4 Å². The lowest BCUT2D eigenvalue weighted by Crippen LogP contribution is -2.39. The SMILES string of the molecule is CN=C(NCCOc1ccc(C)cc1)NCc1nncn1-c1ccccc1.I. The topological polar surface area (TPSA) is 76.4 Å². The maximum Gasteiger partial charge on any atom is 0.191 e. The van der Waals surface area contributed by atoms with Gasteiger partial charge in [0.05, 0.1) is 13.1 Å². The predicted molar refractivity (Wildman–Crippen MR) is 122 cm³/mol. The molecule has 0 saturated carbocycles. The molecule has 2 N–H and O–H groups in total. The summed E-state index contributed by atoms with van der Waals surface area (Å²) in [5, 5.41) is 14.7. The first-order valence-corrected chi connectivity index (χ1v) is 8.84. The molecule has 28 heavy (non-hydrogen) atoms. The molecule has 8 heteroatoms. The standard InChI is InChI=1S/C20H24N6O.HI/c1-16-8-10-18(11-9-16)27-13-12-22-20(21-2)23-14-19-25-24-15-26(19)17-6-4-3-5-7-17;/h3-11,15H,12-14H2,1-2H3,(H2,21,22,23);1H. The molecule has 0 aliphatic heterocycles. The van der Waals surface area contributed by atoms with Crippen molar-refractivity contribution in [3.8, 4) is 11.4 Å². The number of hydrogen-bond donors (Lipinski definition) is 2. The van der Waals surface area contributed by atoms with E-state index in [0.717, 1.165) is 17.3 Å². The number of nitrogens with zero attached hydrogens (tertiary/aromatic N) is 4. The Hall–Kier alpha value is -2.62. The van der Waals surface area contributed by atoms with Crippen molar-refractivity contribution >= 4 is 29.9 Å². The van der Waals surface area contributed by atoms with E-state index in [1.807, 2.05) is 59.2 Å². The van der Waals surface area contributed by atoms with Crippen LogP contribution in [0.3, 0.4) is 0 Å². The average molecular weight is 492 g/mol. The van der Waals surface area contributed by atoms with Crippen LogP contribution in [0.4, 0.5) is 0 Å². The predicted octanol–water partition coefficient (Wildman–Crippen LogP) is 2.94. The molecule has 0 aliphatic rings. The number of aromatic nitrogens is 3. The van der Waals surface area contributed by atoms with Crippen molar-refractivity contribution in [1.82, 2.24) is 25.4 Å². The normalized spacial score (nSPS) is 10.9. The Morgan fingerprint density at radius 2 is 1.82 bits per heavy atom. The van der Waals surface area contributed by atoms with E-state index < -0.39 is 0 Å². The van der Waals surface area contributed by atoms with Crippen molar-refractivity contribution in [2.75, 3.05) is 20.2 Å². The molecule has 1 aromatic heterocycles. The fourth-order valence-electron chi connectivity index (χ4n) is 2.54. The number of rotatable bonds is 7. The average Bonchev–Trinajstić information content (AvgIpc) is 3.18. The Bertz CT molecular complexity index is 864. The van der Waals surface area contributed by atoms with Crippen LogP contribution in [0.25, 0.3) is 5.69 Å². The van der Waals surface area contributed by atoms with Crippen LogP contribution >= 0.6 is 24.0 Å². The van der Waals surface area contributed by atoms with Crippen LogP contribution in [0.2, 0.25) is 0 Å². The van der Waals surface area contributed by atoms with Crippen LogP contribution in [-0.4, -0.2) is 40.9 Å². The lowest BCUT2D eigenvalue weighted by Gasteiger charge is -2.13. The first-order valence-electron chi connectivity index (χ1n) is 8.84. The molecular formula is C20H25IN6O. The van der Waals surface area contributed by atoms with E-state index in [2.05, 4.69) is 32.7 Å². The van der Waals surface area contributed by atoms with Crippen LogP contribution in [0.5, 0.6) is 5.75 Å². The quantitative estimate of drug-likeness (QED) is 0.230. The lowest BCUT2D eigenvalue weighted by atomic mass is 10.2. The largest absolute Gasteiger partial charge is 0.492 e. The Labute approximate surface area is 182 Å². The van der Waals surface area contributed by atoms with E-state index in [1.54, 1.807) is 13.4 Å². The molecule has 0 atom stereocenters. The highest BCUT2D eigenvalue weighted by molar-refractivity contribution is 14.0. The number of guanidine groups is 1. The minimum absolute atomic E-state index is 0. The third-order valence-corrected chi connectivity index (χ3v) is 3.97. The number of aliphatic imine (C=N–C) groups is 1. The fourth-order valence-corrected chi connectivity index (χ4v) is 2.54. The van der Waals surface area contributed by atoms with E-state index in [1.165, 1.54) is 5.56 Å². The monoisotopic (exact) mass is 492 g/mol. The van der Waals surface area contributed by atoms with Gasteiger partial charge in [-0.3, -0.25) is 9.56 Å². The third-order valence-electron chi connectivity index (χ3n) is 3.97. The summed E-state index contributed by atoms with van der Waals surface area (Å²) >= 11 is 0. The molecule has 148 valence electrons. The van der Waals surface area contributed by atoms with Crippen LogP contribution in [0, 0.1) is 6.92 Å². The fraction of sp³-hybridized carbons (Fsp3) is 0.250. The van der Waals surface area contributed by atoms with Gasteiger partial charge >= 0.3 is 0 Å². The second-order valence-corrected chi connectivity index (χ2v) is 5.97. The highest BCUT2D eigenvalue weighted by atomic mass is 127. The number of hydrogen-bond acceptors (Lipinski definition) is 4. The van der Waals surface area contributed by atoms with Gasteiger partial charge in [0.2, 0.25) is 0 Å². The molecule has 0 saturated heterocycles. The maximum absolute atomic E-state index is 5.71. The Morgan fingerprint density at radius 3 is 2.54 bits per heavy atom. The molecule has 0 amide bonds. The number of aryl methyl sites for hydroxylation is 1. The van der Waals surface area contributed by atoms with E-state index in [0.29, 0.717) is 25.7 Å². The molecule has 2 aromatic carbocycles. The lowest BCUT2D eigenvalue weighted by molar-refractivity contribution is 0.322. The van der Waals surface area contributed by atoms with Crippen molar-refractivity contribution in [2.45, 2.75) is 13.5 Å². The minimum Gasteiger partial charge on any atom is -0.492 e. The van der Waals surface area contributed by atoms with Gasteiger partial charge in [0.15, 0.2) is 11.8 Å². The van der Waals surface area contributed by atoms with Gasteiger partial charge in [0.25, 0.3) is 0 Å². The smallest absolute Gasteiger partial charge is 0.191 e. The van der Waals surface area contributed by atoms with Crippen molar-refractivity contribution in [2.24, 2.45) is 4.99 Å². The van der Waals surface area contributed by atoms with Gasteiger partial charge in [-0.05, 0) is 31.2 Å². The molecular weight excluding hydrogens is 467 g/mol. The van der Waals surface area contributed by atoms with Crippen LogP contribution in [0.15, 0.2) is 65.9 Å². The van der Waals surface area contributed by atoms with E-state index in [-0.39, 0.29) is 24.0 Å². The van der Waals surface area contributed by atoms with Crippen molar-refractivity contribution < 1.29 is 4.74 Å². The van der Waals surface area contributed by atoms with Gasteiger partial charge in [-0.25, -0.2) is 0 Å². The van der Waals surface area contributed by atoms with Crippen LogP contribution < -0.4 is 15.4 Å². The zero-order valence-electron chi connectivity index (χ0n) is 16.0. The molecule has 0 aliphatic carbocycles. The second-order valence-electron chi connectivity index (χ2n) is 5.97. The van der Waals surface area contributed by atoms with Gasteiger partial charge in [0.1, 0.15) is 18.7 Å². The number of nitrogens with one attached hydrogen (secondary N) is 2. The summed E-state index contributed by atoms with van der Waals surface area (Å²) in [7, 11) is 1.73. The number of para-hydroxylation sites is 1. The third kappa shape index (κ3) is 6.22. The highest BCUT2D eigenvalue weighted by Crippen LogP contribution is 2.11. The Balaban J connectivity index is 0.00000280. The first kappa shape index (κ1) is 21.7. The number of benzene rings is 2. The number of ether oxygens (including phenoxy) is 1. The van der Waals surface area contributed by atoms with E-state index in [4.69, 9.17) is 4.74 Å². The zero-order chi connectivity index (χ0) is 18.9. The minimum atomic E-state index is 0. The summed E-state index contributed by atoms with van der Waals surface area (Å²) in [5.41, 5.74) is 2.24. The summed E-state index contributed by atoms with van der Waals surface area (Å²) in [6, 6.07) is 18.0. The van der Waals surface area contributed by atoms with Gasteiger partial charge in [-0.2, -0.15) is 0 Å². The molecule has 3 rings (SSSR count). The molecule has 3 aromatic rings. The Kier molecular flexibility index (Phi) is 8.73. The molecule has 0 spiro atoms.